The van der Waals surface area contributed by atoms with Crippen molar-refractivity contribution in [1.82, 2.24) is 4.98 Å². The lowest BCUT2D eigenvalue weighted by molar-refractivity contribution is -0.634. The van der Waals surface area contributed by atoms with Crippen LogP contribution in [-0.2, 0) is 13.5 Å². The molecule has 0 saturated heterocycles. The van der Waals surface area contributed by atoms with Crippen molar-refractivity contribution in [2.24, 2.45) is 7.05 Å². The molecule has 0 radical (unpaired) electrons. The minimum atomic E-state index is -0.424. The largest absolute Gasteiger partial charge is 0.433 e. The molecule has 0 aliphatic carbocycles. The van der Waals surface area contributed by atoms with Crippen molar-refractivity contribution in [1.29, 1.82) is 0 Å². The number of aromatic nitrogens is 2. The maximum Gasteiger partial charge on any atom is 0.294 e. The van der Waals surface area contributed by atoms with Crippen molar-refractivity contribution in [2.45, 2.75) is 32.7 Å². The second-order valence-electron chi connectivity index (χ2n) is 8.46. The highest BCUT2D eigenvalue weighted by molar-refractivity contribution is 6.03. The molecule has 0 atom stereocenters. The highest BCUT2D eigenvalue weighted by Crippen LogP contribution is 2.45. The van der Waals surface area contributed by atoms with Crippen LogP contribution < -0.4 is 9.30 Å². The summed E-state index contributed by atoms with van der Waals surface area (Å²) in [6.07, 6.45) is 0.691. The Hall–Kier alpha value is -3.45. The van der Waals surface area contributed by atoms with Crippen LogP contribution in [0.2, 0.25) is 0 Å². The molecule has 1 aliphatic rings. The lowest BCUT2D eigenvalue weighted by Crippen LogP contribution is -2.34. The Morgan fingerprint density at radius 1 is 1.14 bits per heavy atom. The number of hydrogen-bond donors (Lipinski definition) is 0. The van der Waals surface area contributed by atoms with E-state index in [1.165, 1.54) is 16.5 Å². The Labute approximate surface area is 170 Å². The fourth-order valence-corrected chi connectivity index (χ4v) is 4.31. The zero-order chi connectivity index (χ0) is 20.3. The quantitative estimate of drug-likeness (QED) is 0.298. The monoisotopic (exact) mass is 380 g/mol. The van der Waals surface area contributed by atoms with Gasteiger partial charge in [-0.2, -0.15) is 4.57 Å². The summed E-state index contributed by atoms with van der Waals surface area (Å²) in [5.74, 6) is 1.49. The number of nitrogens with zero attached hydrogens (tertiary/aromatic N) is 3. The fourth-order valence-electron chi connectivity index (χ4n) is 4.31. The molecule has 142 valence electrons. The van der Waals surface area contributed by atoms with Crippen LogP contribution in [0.15, 0.2) is 48.5 Å². The summed E-state index contributed by atoms with van der Waals surface area (Å²) < 4.78 is 8.45. The zero-order valence-corrected chi connectivity index (χ0v) is 17.1. The lowest BCUT2D eigenvalue weighted by Gasteiger charge is -2.20. The Bertz CT molecular complexity index is 1360. The second kappa shape index (κ2) is 6.02. The number of benzene rings is 3. The topological polar surface area (TPSA) is 30.4 Å². The zero-order valence-electron chi connectivity index (χ0n) is 17.1. The summed E-state index contributed by atoms with van der Waals surface area (Å²) in [4.78, 5) is 8.64. The van der Waals surface area contributed by atoms with Gasteiger partial charge in [-0.15, -0.1) is 0 Å². The van der Waals surface area contributed by atoms with E-state index in [9.17, 15) is 0 Å². The molecule has 0 N–H and O–H groups in total. The van der Waals surface area contributed by atoms with Crippen LogP contribution in [-0.4, -0.2) is 10.5 Å². The molecule has 5 rings (SSSR count). The molecule has 1 aromatic heterocycles. The van der Waals surface area contributed by atoms with Crippen LogP contribution in [0.25, 0.3) is 37.9 Å². The Morgan fingerprint density at radius 3 is 2.76 bits per heavy atom. The Kier molecular flexibility index (Phi) is 3.66. The smallest absolute Gasteiger partial charge is 0.294 e. The van der Waals surface area contributed by atoms with Crippen LogP contribution >= 0.6 is 0 Å². The van der Waals surface area contributed by atoms with Gasteiger partial charge in [0.05, 0.1) is 12.0 Å². The minimum absolute atomic E-state index is 0.424. The first-order chi connectivity index (χ1) is 13.9. The van der Waals surface area contributed by atoms with Gasteiger partial charge in [0, 0.05) is 25.3 Å². The van der Waals surface area contributed by atoms with Crippen molar-refractivity contribution in [3.8, 4) is 22.9 Å². The van der Waals surface area contributed by atoms with Crippen LogP contribution in [0, 0.1) is 13.5 Å². The summed E-state index contributed by atoms with van der Waals surface area (Å²) in [6, 6.07) is 16.8. The minimum Gasteiger partial charge on any atom is -0.433 e. The second-order valence-corrected chi connectivity index (χ2v) is 8.46. The number of aryl methyl sites for hydroxylation is 2. The SMILES string of the molecule is [C-]#[N+]C(C)(C)Cc1ccc2c(c1)nc1c([n+]2C)-c2c(C)ccc3cccc(c23)O1. The van der Waals surface area contributed by atoms with Crippen LogP contribution in [0.5, 0.6) is 11.6 Å². The predicted octanol–water partition coefficient (Wildman–Crippen LogP) is 5.53. The molecule has 4 aromatic rings. The Balaban J connectivity index is 1.77. The van der Waals surface area contributed by atoms with E-state index in [1.807, 2.05) is 26.0 Å². The van der Waals surface area contributed by atoms with Crippen molar-refractivity contribution in [3.63, 3.8) is 0 Å². The van der Waals surface area contributed by atoms with Gasteiger partial charge >= 0.3 is 0 Å². The molecule has 3 aromatic carbocycles. The van der Waals surface area contributed by atoms with E-state index in [0.29, 0.717) is 12.3 Å². The highest BCUT2D eigenvalue weighted by atomic mass is 16.5. The maximum absolute atomic E-state index is 7.41. The van der Waals surface area contributed by atoms with Gasteiger partial charge in [-0.3, -0.25) is 0 Å². The van der Waals surface area contributed by atoms with E-state index in [1.54, 1.807) is 0 Å². The first-order valence-electron chi connectivity index (χ1n) is 9.80. The molecule has 0 fully saturated rings. The molecule has 0 amide bonds. The average molecular weight is 380 g/mol. The molecule has 0 bridgehead atoms. The maximum atomic E-state index is 7.41. The van der Waals surface area contributed by atoms with Gasteiger partial charge in [0.15, 0.2) is 0 Å². The molecule has 0 saturated carbocycles. The molecule has 0 unspecified atom stereocenters. The highest BCUT2D eigenvalue weighted by Gasteiger charge is 2.32. The van der Waals surface area contributed by atoms with Gasteiger partial charge in [0.25, 0.3) is 11.6 Å². The summed E-state index contributed by atoms with van der Waals surface area (Å²) in [5, 5.41) is 2.32. The number of fused-ring (bicyclic) bond motifs is 3. The molecule has 4 nitrogen and oxygen atoms in total. The number of ether oxygens (including phenoxy) is 1. The molecule has 1 aliphatic heterocycles. The third kappa shape index (κ3) is 2.66. The van der Waals surface area contributed by atoms with Crippen LogP contribution in [0.3, 0.4) is 0 Å². The van der Waals surface area contributed by atoms with E-state index >= 15 is 0 Å². The van der Waals surface area contributed by atoms with E-state index in [4.69, 9.17) is 16.3 Å². The third-order valence-electron chi connectivity index (χ3n) is 5.76. The fraction of sp³-hybridized carbons (Fsp3) is 0.240. The normalized spacial score (nSPS) is 12.5. The van der Waals surface area contributed by atoms with Gasteiger partial charge in [-0.1, -0.05) is 30.3 Å². The summed E-state index contributed by atoms with van der Waals surface area (Å²) in [6.45, 7) is 13.5. The number of rotatable bonds is 2. The lowest BCUT2D eigenvalue weighted by atomic mass is 9.94. The molecule has 0 spiro atoms. The van der Waals surface area contributed by atoms with Gasteiger partial charge in [0.2, 0.25) is 11.1 Å². The molecule has 2 heterocycles. The van der Waals surface area contributed by atoms with Crippen LogP contribution in [0.1, 0.15) is 25.0 Å². The molecular weight excluding hydrogens is 358 g/mol. The van der Waals surface area contributed by atoms with Crippen molar-refractivity contribution in [3.05, 3.63) is 71.1 Å². The molecule has 29 heavy (non-hydrogen) atoms. The number of hydrogen-bond acceptors (Lipinski definition) is 2. The van der Waals surface area contributed by atoms with E-state index in [0.717, 1.165) is 33.4 Å². The van der Waals surface area contributed by atoms with Gasteiger partial charge < -0.3 is 9.58 Å². The van der Waals surface area contributed by atoms with Gasteiger partial charge in [-0.05, 0) is 35.6 Å². The van der Waals surface area contributed by atoms with Gasteiger partial charge in [-0.25, -0.2) is 11.6 Å². The van der Waals surface area contributed by atoms with Crippen molar-refractivity contribution >= 4 is 21.8 Å². The van der Waals surface area contributed by atoms with Crippen molar-refractivity contribution < 1.29 is 9.30 Å². The Morgan fingerprint density at radius 2 is 1.97 bits per heavy atom. The summed E-state index contributed by atoms with van der Waals surface area (Å²) in [7, 11) is 2.07. The van der Waals surface area contributed by atoms with Crippen LogP contribution in [0.4, 0.5) is 0 Å². The van der Waals surface area contributed by atoms with Crippen molar-refractivity contribution in [2.75, 3.05) is 0 Å². The average Bonchev–Trinajstić information content (AvgIpc) is 2.69. The van der Waals surface area contributed by atoms with E-state index in [2.05, 4.69) is 59.8 Å². The molecular formula is C25H22N3O+. The van der Waals surface area contributed by atoms with E-state index < -0.39 is 5.54 Å². The first kappa shape index (κ1) is 17.6. The van der Waals surface area contributed by atoms with E-state index in [-0.39, 0.29) is 0 Å². The third-order valence-corrected chi connectivity index (χ3v) is 5.76. The standard InChI is InChI=1S/C25H22N3O/c1-15-9-11-17-7-6-8-20-22(17)21(15)23-24(29-20)27-18-13-16(14-25(2,3)26-4)10-12-19(18)28(23)5/h6-13H,14H2,1-3,5H3/q+1. The first-order valence-corrected chi connectivity index (χ1v) is 9.80. The summed E-state index contributed by atoms with van der Waals surface area (Å²) >= 11 is 0. The molecule has 4 heteroatoms. The summed E-state index contributed by atoms with van der Waals surface area (Å²) in [5.41, 5.74) is 6.03. The predicted molar refractivity (Wildman–Crippen MR) is 115 cm³/mol. The van der Waals surface area contributed by atoms with Gasteiger partial charge in [0.1, 0.15) is 18.3 Å².